The minimum absolute atomic E-state index is 0.328. The summed E-state index contributed by atoms with van der Waals surface area (Å²) in [6.07, 6.45) is 1.90. The molecule has 2 aromatic rings. The monoisotopic (exact) mass is 446 g/mol. The van der Waals surface area contributed by atoms with Crippen molar-refractivity contribution in [1.29, 1.82) is 0 Å². The molecule has 2 aliphatic heterocycles. The van der Waals surface area contributed by atoms with E-state index in [-0.39, 0.29) is 0 Å². The topological polar surface area (TPSA) is 52.5 Å². The number of halogens is 3. The van der Waals surface area contributed by atoms with Gasteiger partial charge in [0.05, 0.1) is 5.56 Å². The molecule has 5 rings (SSSR count). The summed E-state index contributed by atoms with van der Waals surface area (Å²) in [5, 5.41) is 19.6. The lowest BCUT2D eigenvalue weighted by Crippen LogP contribution is -2.47. The van der Waals surface area contributed by atoms with Crippen molar-refractivity contribution in [2.75, 3.05) is 31.1 Å². The Morgan fingerprint density at radius 2 is 1.91 bits per heavy atom. The second kappa shape index (κ2) is 8.21. The molecule has 0 amide bonds. The highest BCUT2D eigenvalue weighted by Gasteiger charge is 2.37. The molecule has 0 spiro atoms. The number of hydrogen-bond donors (Lipinski definition) is 1. The van der Waals surface area contributed by atoms with Gasteiger partial charge in [0.15, 0.2) is 5.82 Å². The number of hydrogen-bond acceptors (Lipinski definition) is 5. The molecule has 0 radical (unpaired) electrons. The number of aromatic nitrogens is 2. The maximum Gasteiger partial charge on any atom is 0.416 e. The Morgan fingerprint density at radius 3 is 2.56 bits per heavy atom. The Balaban J connectivity index is 1.54. The third-order valence-electron chi connectivity index (χ3n) is 7.43. The highest BCUT2D eigenvalue weighted by atomic mass is 19.4. The molecule has 1 aliphatic carbocycles. The van der Waals surface area contributed by atoms with E-state index < -0.39 is 17.5 Å². The van der Waals surface area contributed by atoms with E-state index in [9.17, 15) is 18.3 Å². The quantitative estimate of drug-likeness (QED) is 0.718. The molecule has 0 bridgehead atoms. The molecule has 8 heteroatoms. The van der Waals surface area contributed by atoms with E-state index in [1.165, 1.54) is 18.1 Å². The van der Waals surface area contributed by atoms with Crippen LogP contribution in [0.4, 0.5) is 19.0 Å². The number of anilines is 1. The SMILES string of the molecule is CCN1CCC[C@@H](N2CCc3c2nnc(-c2ccc(C(F)(F)F)cc2O)c3C2CCC2)C1. The Kier molecular flexibility index (Phi) is 5.51. The zero-order valence-corrected chi connectivity index (χ0v) is 18.3. The van der Waals surface area contributed by atoms with E-state index in [4.69, 9.17) is 0 Å². The maximum atomic E-state index is 13.1. The molecule has 1 saturated carbocycles. The van der Waals surface area contributed by atoms with Crippen LogP contribution in [-0.4, -0.2) is 52.4 Å². The molecule has 0 unspecified atom stereocenters. The molecule has 2 fully saturated rings. The highest BCUT2D eigenvalue weighted by molar-refractivity contribution is 5.74. The van der Waals surface area contributed by atoms with Crippen LogP contribution >= 0.6 is 0 Å². The fourth-order valence-electron chi connectivity index (χ4n) is 5.46. The molecule has 3 heterocycles. The lowest BCUT2D eigenvalue weighted by molar-refractivity contribution is -0.137. The molecule has 5 nitrogen and oxygen atoms in total. The predicted molar refractivity (Wildman–Crippen MR) is 117 cm³/mol. The van der Waals surface area contributed by atoms with Crippen molar-refractivity contribution in [3.8, 4) is 17.0 Å². The molecule has 1 saturated heterocycles. The van der Waals surface area contributed by atoms with Crippen molar-refractivity contribution >= 4 is 5.82 Å². The predicted octanol–water partition coefficient (Wildman–Crippen LogP) is 4.98. The molecular weight excluding hydrogens is 417 g/mol. The third kappa shape index (κ3) is 3.72. The van der Waals surface area contributed by atoms with Crippen LogP contribution in [0.3, 0.4) is 0 Å². The number of phenols is 1. The third-order valence-corrected chi connectivity index (χ3v) is 7.43. The first-order chi connectivity index (χ1) is 15.4. The molecule has 1 aromatic heterocycles. The van der Waals surface area contributed by atoms with Crippen molar-refractivity contribution < 1.29 is 18.3 Å². The van der Waals surface area contributed by atoms with E-state index >= 15 is 0 Å². The van der Waals surface area contributed by atoms with Gasteiger partial charge in [-0.1, -0.05) is 13.3 Å². The minimum atomic E-state index is -4.50. The van der Waals surface area contributed by atoms with Gasteiger partial charge < -0.3 is 14.9 Å². The van der Waals surface area contributed by atoms with Crippen molar-refractivity contribution in [3.05, 3.63) is 34.9 Å². The van der Waals surface area contributed by atoms with Gasteiger partial charge in [0, 0.05) is 30.3 Å². The van der Waals surface area contributed by atoms with E-state index in [2.05, 4.69) is 26.9 Å². The van der Waals surface area contributed by atoms with Crippen LogP contribution in [0.15, 0.2) is 18.2 Å². The van der Waals surface area contributed by atoms with Gasteiger partial charge in [-0.25, -0.2) is 0 Å². The zero-order chi connectivity index (χ0) is 22.5. The fourth-order valence-corrected chi connectivity index (χ4v) is 5.46. The normalized spacial score (nSPS) is 22.1. The van der Waals surface area contributed by atoms with Crippen LogP contribution in [0.5, 0.6) is 5.75 Å². The Hall–Kier alpha value is -2.35. The van der Waals surface area contributed by atoms with Gasteiger partial charge in [0.2, 0.25) is 0 Å². The molecule has 1 N–H and O–H groups in total. The molecule has 32 heavy (non-hydrogen) atoms. The van der Waals surface area contributed by atoms with Crippen LogP contribution in [0.25, 0.3) is 11.3 Å². The van der Waals surface area contributed by atoms with Crippen LogP contribution in [0, 0.1) is 0 Å². The average Bonchev–Trinajstić information content (AvgIpc) is 3.17. The lowest BCUT2D eigenvalue weighted by atomic mass is 9.76. The number of aromatic hydroxyl groups is 1. The van der Waals surface area contributed by atoms with Crippen molar-refractivity contribution in [1.82, 2.24) is 15.1 Å². The number of phenolic OH excluding ortho intramolecular Hbond substituents is 1. The number of fused-ring (bicyclic) bond motifs is 1. The lowest BCUT2D eigenvalue weighted by Gasteiger charge is -2.38. The number of likely N-dealkylation sites (N-methyl/N-ethyl adjacent to an activating group) is 1. The molecule has 3 aliphatic rings. The smallest absolute Gasteiger partial charge is 0.416 e. The van der Waals surface area contributed by atoms with Gasteiger partial charge in [0.25, 0.3) is 0 Å². The number of nitrogens with zero attached hydrogens (tertiary/aromatic N) is 4. The summed E-state index contributed by atoms with van der Waals surface area (Å²) in [5.41, 5.74) is 2.28. The average molecular weight is 447 g/mol. The first kappa shape index (κ1) is 21.5. The summed E-state index contributed by atoms with van der Waals surface area (Å²) >= 11 is 0. The molecule has 1 atom stereocenters. The van der Waals surface area contributed by atoms with Crippen LogP contribution in [0.1, 0.15) is 61.6 Å². The number of alkyl halides is 3. The summed E-state index contributed by atoms with van der Waals surface area (Å²) in [4.78, 5) is 4.86. The van der Waals surface area contributed by atoms with Crippen LogP contribution in [-0.2, 0) is 12.6 Å². The summed E-state index contributed by atoms with van der Waals surface area (Å²) in [6, 6.07) is 3.56. The van der Waals surface area contributed by atoms with Crippen molar-refractivity contribution in [2.24, 2.45) is 0 Å². The van der Waals surface area contributed by atoms with Crippen molar-refractivity contribution in [3.63, 3.8) is 0 Å². The van der Waals surface area contributed by atoms with Crippen LogP contribution in [0.2, 0.25) is 0 Å². The van der Waals surface area contributed by atoms with Gasteiger partial charge >= 0.3 is 6.18 Å². The second-order valence-corrected chi connectivity index (χ2v) is 9.25. The largest absolute Gasteiger partial charge is 0.507 e. The summed E-state index contributed by atoms with van der Waals surface area (Å²) in [6.45, 7) is 6.30. The molecule has 172 valence electrons. The van der Waals surface area contributed by atoms with E-state index in [0.717, 1.165) is 81.8 Å². The fraction of sp³-hybridized carbons (Fsp3) is 0.583. The van der Waals surface area contributed by atoms with Crippen LogP contribution < -0.4 is 4.90 Å². The van der Waals surface area contributed by atoms with Gasteiger partial charge in [-0.05, 0) is 74.9 Å². The number of benzene rings is 1. The number of rotatable bonds is 4. The first-order valence-corrected chi connectivity index (χ1v) is 11.7. The minimum Gasteiger partial charge on any atom is -0.507 e. The molecular formula is C24H29F3N4O. The number of piperidine rings is 1. The standard InChI is InChI=1S/C24H29F3N4O/c1-2-30-11-4-7-17(14-30)31-12-10-19-21(15-5-3-6-15)22(28-29-23(19)31)18-9-8-16(13-20(18)32)24(25,26)27/h8-9,13,15,17,32H,2-7,10-12,14H2,1H3/t17-/m1/s1. The Labute approximate surface area is 186 Å². The maximum absolute atomic E-state index is 13.1. The zero-order valence-electron chi connectivity index (χ0n) is 18.3. The van der Waals surface area contributed by atoms with Gasteiger partial charge in [-0.2, -0.15) is 13.2 Å². The van der Waals surface area contributed by atoms with Gasteiger partial charge in [-0.3, -0.25) is 0 Å². The van der Waals surface area contributed by atoms with Gasteiger partial charge in [-0.15, -0.1) is 10.2 Å². The molecule has 1 aromatic carbocycles. The summed E-state index contributed by atoms with van der Waals surface area (Å²) in [7, 11) is 0. The summed E-state index contributed by atoms with van der Waals surface area (Å²) < 4.78 is 39.2. The Bertz CT molecular complexity index is 1010. The first-order valence-electron chi connectivity index (χ1n) is 11.7. The second-order valence-electron chi connectivity index (χ2n) is 9.25. The van der Waals surface area contributed by atoms with E-state index in [1.54, 1.807) is 0 Å². The highest BCUT2D eigenvalue weighted by Crippen LogP contribution is 2.47. The van der Waals surface area contributed by atoms with Crippen molar-refractivity contribution in [2.45, 2.75) is 63.6 Å². The van der Waals surface area contributed by atoms with Gasteiger partial charge in [0.1, 0.15) is 11.4 Å². The van der Waals surface area contributed by atoms with E-state index in [1.807, 2.05) is 0 Å². The summed E-state index contributed by atoms with van der Waals surface area (Å²) in [5.74, 6) is 0.870. The number of likely N-dealkylation sites (tertiary alicyclic amines) is 1. The Morgan fingerprint density at radius 1 is 1.09 bits per heavy atom. The van der Waals surface area contributed by atoms with E-state index in [0.29, 0.717) is 23.2 Å².